The predicted molar refractivity (Wildman–Crippen MR) is 146 cm³/mol. The van der Waals surface area contributed by atoms with E-state index in [4.69, 9.17) is 4.74 Å². The molecule has 10 heteroatoms. The van der Waals surface area contributed by atoms with Crippen molar-refractivity contribution in [1.29, 1.82) is 0 Å². The number of benzene rings is 2. The Kier molecular flexibility index (Phi) is 7.17. The van der Waals surface area contributed by atoms with Crippen LogP contribution in [0.25, 0.3) is 21.3 Å². The maximum absolute atomic E-state index is 13.6. The Bertz CT molecular complexity index is 1430. The molecule has 9 nitrogen and oxygen atoms in total. The number of hydrogen-bond donors (Lipinski definition) is 2. The van der Waals surface area contributed by atoms with E-state index in [0.29, 0.717) is 23.7 Å². The molecule has 2 fully saturated rings. The number of carbonyl (C=O) groups excluding carboxylic acids is 2. The third-order valence-electron chi connectivity index (χ3n) is 7.01. The molecule has 6 rings (SSSR count). The molecule has 1 aliphatic heterocycles. The standard InChI is InChI=1S/C28H30N6O3S/c35-26(29-8-9-33-10-12-37-13-11-33)21-3-1-2-19(14-21)18-34(23-5-6-23)28(36)27-32-24-7-4-20(15-25(24)38-27)22-16-30-31-17-22/h1-4,7,14-17,23H,5-6,8-13,18H2,(H,29,35)(H,30,31). The Balaban J connectivity index is 1.13. The fraction of sp³-hybridized carbons (Fsp3) is 0.357. The normalized spacial score (nSPS) is 16.0. The van der Waals surface area contributed by atoms with E-state index in [1.54, 1.807) is 6.20 Å². The van der Waals surface area contributed by atoms with Crippen LogP contribution < -0.4 is 5.32 Å². The van der Waals surface area contributed by atoms with E-state index in [0.717, 1.165) is 72.6 Å². The minimum Gasteiger partial charge on any atom is -0.379 e. The number of aromatic nitrogens is 3. The fourth-order valence-corrected chi connectivity index (χ4v) is 5.70. The van der Waals surface area contributed by atoms with Gasteiger partial charge >= 0.3 is 0 Å². The number of carbonyl (C=O) groups is 2. The van der Waals surface area contributed by atoms with Crippen LogP contribution in [-0.4, -0.2) is 82.2 Å². The van der Waals surface area contributed by atoms with Gasteiger partial charge in [-0.15, -0.1) is 11.3 Å². The lowest BCUT2D eigenvalue weighted by atomic mass is 10.1. The first-order chi connectivity index (χ1) is 18.6. The van der Waals surface area contributed by atoms with Gasteiger partial charge in [0.05, 0.1) is 29.6 Å². The van der Waals surface area contributed by atoms with Gasteiger partial charge in [0.25, 0.3) is 11.8 Å². The Morgan fingerprint density at radius 3 is 2.79 bits per heavy atom. The van der Waals surface area contributed by atoms with Gasteiger partial charge in [0.1, 0.15) is 0 Å². The Morgan fingerprint density at radius 1 is 1.13 bits per heavy atom. The molecule has 2 aliphatic rings. The lowest BCUT2D eigenvalue weighted by molar-refractivity contribution is 0.0383. The highest BCUT2D eigenvalue weighted by Crippen LogP contribution is 2.33. The summed E-state index contributed by atoms with van der Waals surface area (Å²) < 4.78 is 6.35. The molecule has 2 N–H and O–H groups in total. The summed E-state index contributed by atoms with van der Waals surface area (Å²) in [6.45, 7) is 5.15. The van der Waals surface area contributed by atoms with Crippen LogP contribution in [0.15, 0.2) is 54.9 Å². The van der Waals surface area contributed by atoms with Crippen LogP contribution in [0, 0.1) is 0 Å². The van der Waals surface area contributed by atoms with Crippen LogP contribution in [0.3, 0.4) is 0 Å². The van der Waals surface area contributed by atoms with E-state index < -0.39 is 0 Å². The topological polar surface area (TPSA) is 103 Å². The van der Waals surface area contributed by atoms with Crippen molar-refractivity contribution in [3.05, 3.63) is 71.0 Å². The lowest BCUT2D eigenvalue weighted by Gasteiger charge is -2.26. The Hall–Kier alpha value is -3.60. The maximum Gasteiger partial charge on any atom is 0.283 e. The summed E-state index contributed by atoms with van der Waals surface area (Å²) >= 11 is 1.42. The maximum atomic E-state index is 13.6. The number of ether oxygens (including phenoxy) is 1. The van der Waals surface area contributed by atoms with Gasteiger partial charge in [-0.2, -0.15) is 5.10 Å². The zero-order valence-electron chi connectivity index (χ0n) is 21.1. The molecule has 3 heterocycles. The van der Waals surface area contributed by atoms with Crippen molar-refractivity contribution >= 4 is 33.4 Å². The smallest absolute Gasteiger partial charge is 0.283 e. The zero-order chi connectivity index (χ0) is 25.9. The van der Waals surface area contributed by atoms with Gasteiger partial charge < -0.3 is 15.0 Å². The molecule has 4 aromatic rings. The van der Waals surface area contributed by atoms with E-state index in [9.17, 15) is 9.59 Å². The SMILES string of the molecule is O=C(NCCN1CCOCC1)c1cccc(CN(C(=O)c2nc3ccc(-c4cn[nH]c4)cc3s2)C2CC2)c1. The number of amides is 2. The second-order valence-electron chi connectivity index (χ2n) is 9.76. The van der Waals surface area contributed by atoms with Crippen LogP contribution in [0.4, 0.5) is 0 Å². The largest absolute Gasteiger partial charge is 0.379 e. The summed E-state index contributed by atoms with van der Waals surface area (Å²) in [5.41, 5.74) is 4.40. The average molecular weight is 531 g/mol. The zero-order valence-corrected chi connectivity index (χ0v) is 21.9. The van der Waals surface area contributed by atoms with Crippen molar-refractivity contribution in [2.45, 2.75) is 25.4 Å². The highest BCUT2D eigenvalue weighted by Gasteiger charge is 2.34. The molecular formula is C28H30N6O3S. The summed E-state index contributed by atoms with van der Waals surface area (Å²) in [7, 11) is 0. The van der Waals surface area contributed by atoms with Gasteiger partial charge in [-0.1, -0.05) is 18.2 Å². The Labute approximate surface area is 224 Å². The summed E-state index contributed by atoms with van der Waals surface area (Å²) in [6.07, 6.45) is 5.61. The van der Waals surface area contributed by atoms with Gasteiger partial charge in [-0.05, 0) is 48.2 Å². The third-order valence-corrected chi connectivity index (χ3v) is 8.02. The fourth-order valence-electron chi connectivity index (χ4n) is 4.74. The monoisotopic (exact) mass is 530 g/mol. The first-order valence-electron chi connectivity index (χ1n) is 13.0. The van der Waals surface area contributed by atoms with E-state index in [1.807, 2.05) is 47.5 Å². The van der Waals surface area contributed by atoms with Crippen LogP contribution >= 0.6 is 11.3 Å². The molecule has 196 valence electrons. The van der Waals surface area contributed by atoms with Crippen molar-refractivity contribution in [3.63, 3.8) is 0 Å². The molecule has 2 aromatic carbocycles. The Morgan fingerprint density at radius 2 is 2.00 bits per heavy atom. The number of nitrogens with one attached hydrogen (secondary N) is 2. The molecule has 0 radical (unpaired) electrons. The molecular weight excluding hydrogens is 500 g/mol. The van der Waals surface area contributed by atoms with Crippen molar-refractivity contribution < 1.29 is 14.3 Å². The van der Waals surface area contributed by atoms with Gasteiger partial charge in [0.2, 0.25) is 0 Å². The molecule has 1 saturated carbocycles. The van der Waals surface area contributed by atoms with E-state index in [2.05, 4.69) is 31.5 Å². The first-order valence-corrected chi connectivity index (χ1v) is 13.8. The third kappa shape index (κ3) is 5.62. The van der Waals surface area contributed by atoms with E-state index in [-0.39, 0.29) is 17.9 Å². The van der Waals surface area contributed by atoms with Crippen LogP contribution in [0.2, 0.25) is 0 Å². The van der Waals surface area contributed by atoms with Gasteiger partial charge in [0.15, 0.2) is 5.01 Å². The summed E-state index contributed by atoms with van der Waals surface area (Å²) in [5.74, 6) is -0.150. The molecule has 2 aromatic heterocycles. The minimum atomic E-state index is -0.0935. The number of aromatic amines is 1. The van der Waals surface area contributed by atoms with Crippen LogP contribution in [0.5, 0.6) is 0 Å². The molecule has 0 spiro atoms. The summed E-state index contributed by atoms with van der Waals surface area (Å²) in [4.78, 5) is 35.2. The summed E-state index contributed by atoms with van der Waals surface area (Å²) in [6, 6.07) is 13.8. The van der Waals surface area contributed by atoms with Gasteiger partial charge in [-0.3, -0.25) is 19.6 Å². The van der Waals surface area contributed by atoms with Crippen LogP contribution in [0.1, 0.15) is 38.6 Å². The predicted octanol–water partition coefficient (Wildman–Crippen LogP) is 3.55. The number of H-pyrrole nitrogens is 1. The van der Waals surface area contributed by atoms with Crippen molar-refractivity contribution in [2.75, 3.05) is 39.4 Å². The molecule has 2 amide bonds. The van der Waals surface area contributed by atoms with E-state index >= 15 is 0 Å². The lowest BCUT2D eigenvalue weighted by Crippen LogP contribution is -2.41. The van der Waals surface area contributed by atoms with Gasteiger partial charge in [0, 0.05) is 56.1 Å². The van der Waals surface area contributed by atoms with Crippen molar-refractivity contribution in [1.82, 2.24) is 30.3 Å². The molecule has 1 saturated heterocycles. The number of nitrogens with zero attached hydrogens (tertiary/aromatic N) is 4. The highest BCUT2D eigenvalue weighted by atomic mass is 32.1. The second kappa shape index (κ2) is 11.0. The first kappa shape index (κ1) is 24.7. The average Bonchev–Trinajstić information content (AvgIpc) is 3.45. The van der Waals surface area contributed by atoms with Crippen molar-refractivity contribution in [3.8, 4) is 11.1 Å². The molecule has 0 bridgehead atoms. The minimum absolute atomic E-state index is 0.0565. The number of thiazole rings is 1. The number of fused-ring (bicyclic) bond motifs is 1. The number of morpholine rings is 1. The van der Waals surface area contributed by atoms with E-state index in [1.165, 1.54) is 11.3 Å². The van der Waals surface area contributed by atoms with Crippen LogP contribution in [-0.2, 0) is 11.3 Å². The molecule has 0 unspecified atom stereocenters. The van der Waals surface area contributed by atoms with Crippen molar-refractivity contribution in [2.24, 2.45) is 0 Å². The number of rotatable bonds is 9. The van der Waals surface area contributed by atoms with Gasteiger partial charge in [-0.25, -0.2) is 4.98 Å². The summed E-state index contributed by atoms with van der Waals surface area (Å²) in [5, 5.41) is 10.4. The molecule has 38 heavy (non-hydrogen) atoms. The highest BCUT2D eigenvalue weighted by molar-refractivity contribution is 7.20. The molecule has 1 aliphatic carbocycles. The number of hydrogen-bond acceptors (Lipinski definition) is 7. The quantitative estimate of drug-likeness (QED) is 0.343. The second-order valence-corrected chi connectivity index (χ2v) is 10.8. The molecule has 0 atom stereocenters.